The number of benzene rings is 1. The van der Waals surface area contributed by atoms with Crippen LogP contribution < -0.4 is 11.1 Å². The molecule has 4 aromatic rings. The van der Waals surface area contributed by atoms with E-state index in [0.29, 0.717) is 5.13 Å². The third-order valence-corrected chi connectivity index (χ3v) is 5.52. The van der Waals surface area contributed by atoms with Gasteiger partial charge in [0.1, 0.15) is 0 Å². The number of carbonyl (C=O) groups is 1. The Morgan fingerprint density at radius 2 is 2.14 bits per heavy atom. The number of anilines is 1. The minimum atomic E-state index is -0.582. The first-order valence-corrected chi connectivity index (χ1v) is 9.94. The number of amides is 1. The first-order chi connectivity index (χ1) is 14.0. The van der Waals surface area contributed by atoms with Crippen LogP contribution in [0.25, 0.3) is 33.5 Å². The zero-order chi connectivity index (χ0) is 20.4. The van der Waals surface area contributed by atoms with Gasteiger partial charge in [-0.3, -0.25) is 14.9 Å². The normalized spacial score (nSPS) is 12.5. The highest BCUT2D eigenvalue weighted by atomic mass is 32.1. The van der Waals surface area contributed by atoms with Crippen LogP contribution in [0.1, 0.15) is 24.0 Å². The molecule has 29 heavy (non-hydrogen) atoms. The van der Waals surface area contributed by atoms with Gasteiger partial charge in [-0.25, -0.2) is 4.98 Å². The van der Waals surface area contributed by atoms with Crippen molar-refractivity contribution in [2.75, 3.05) is 5.32 Å². The van der Waals surface area contributed by atoms with E-state index < -0.39 is 6.04 Å². The van der Waals surface area contributed by atoms with Gasteiger partial charge in [-0.15, -0.1) is 0 Å². The van der Waals surface area contributed by atoms with E-state index in [1.54, 1.807) is 13.1 Å². The average molecular weight is 404 g/mol. The molecule has 3 aromatic heterocycles. The van der Waals surface area contributed by atoms with Crippen LogP contribution in [-0.4, -0.2) is 32.1 Å². The van der Waals surface area contributed by atoms with Gasteiger partial charge >= 0.3 is 0 Å². The van der Waals surface area contributed by atoms with Gasteiger partial charge < -0.3 is 11.1 Å². The Morgan fingerprint density at radius 3 is 2.90 bits per heavy atom. The van der Waals surface area contributed by atoms with Gasteiger partial charge in [0.2, 0.25) is 5.91 Å². The topological polar surface area (TPSA) is 110 Å². The molecule has 0 saturated carbocycles. The lowest BCUT2D eigenvalue weighted by Crippen LogP contribution is -2.32. The molecule has 0 aliphatic heterocycles. The van der Waals surface area contributed by atoms with Crippen molar-refractivity contribution in [1.29, 1.82) is 0 Å². The van der Waals surface area contributed by atoms with Crippen LogP contribution in [0.4, 0.5) is 5.13 Å². The van der Waals surface area contributed by atoms with E-state index in [1.807, 2.05) is 55.5 Å². The highest BCUT2D eigenvalue weighted by Crippen LogP contribution is 2.34. The summed E-state index contributed by atoms with van der Waals surface area (Å²) in [5.74, 6) is -0.251. The number of hydrogen-bond donors (Lipinski definition) is 3. The molecular formula is C21H20N6OS. The second-order valence-corrected chi connectivity index (χ2v) is 7.67. The quantitative estimate of drug-likeness (QED) is 0.468. The highest BCUT2D eigenvalue weighted by molar-refractivity contribution is 7.19. The SMILES string of the molecule is Cc1nc(NC(=O)C(C)N)sc1-c1ccc2c(/C=C/c3ccccn3)n[nH]c2c1. The predicted octanol–water partition coefficient (Wildman–Crippen LogP) is 3.85. The van der Waals surface area contributed by atoms with Crippen molar-refractivity contribution < 1.29 is 4.79 Å². The average Bonchev–Trinajstić information content (AvgIpc) is 3.29. The minimum absolute atomic E-state index is 0.251. The van der Waals surface area contributed by atoms with Crippen molar-refractivity contribution in [3.63, 3.8) is 0 Å². The minimum Gasteiger partial charge on any atom is -0.320 e. The number of pyridine rings is 1. The molecule has 146 valence electrons. The maximum absolute atomic E-state index is 11.8. The first-order valence-electron chi connectivity index (χ1n) is 9.13. The molecule has 0 aliphatic rings. The van der Waals surface area contributed by atoms with E-state index in [0.717, 1.165) is 38.4 Å². The molecule has 0 radical (unpaired) electrons. The van der Waals surface area contributed by atoms with E-state index >= 15 is 0 Å². The number of H-pyrrole nitrogens is 1. The number of carbonyl (C=O) groups excluding carboxylic acids is 1. The van der Waals surface area contributed by atoms with Crippen molar-refractivity contribution in [1.82, 2.24) is 20.2 Å². The van der Waals surface area contributed by atoms with Gasteiger partial charge in [-0.05, 0) is 55.8 Å². The number of fused-ring (bicyclic) bond motifs is 1. The Hall–Kier alpha value is -3.36. The van der Waals surface area contributed by atoms with Crippen LogP contribution >= 0.6 is 11.3 Å². The molecule has 3 heterocycles. The van der Waals surface area contributed by atoms with E-state index in [1.165, 1.54) is 11.3 Å². The Kier molecular flexibility index (Phi) is 5.20. The molecule has 0 bridgehead atoms. The molecule has 7 nitrogen and oxygen atoms in total. The van der Waals surface area contributed by atoms with Crippen molar-refractivity contribution in [3.8, 4) is 10.4 Å². The fraction of sp³-hybridized carbons (Fsp3) is 0.143. The van der Waals surface area contributed by atoms with Crippen LogP contribution in [0, 0.1) is 6.92 Å². The Labute approximate surface area is 171 Å². The fourth-order valence-electron chi connectivity index (χ4n) is 2.88. The van der Waals surface area contributed by atoms with Crippen LogP contribution in [0.5, 0.6) is 0 Å². The molecule has 4 N–H and O–H groups in total. The number of hydrogen-bond acceptors (Lipinski definition) is 6. The summed E-state index contributed by atoms with van der Waals surface area (Å²) in [6.07, 6.45) is 5.64. The molecule has 1 unspecified atom stereocenters. The lowest BCUT2D eigenvalue weighted by atomic mass is 10.1. The second-order valence-electron chi connectivity index (χ2n) is 6.67. The van der Waals surface area contributed by atoms with Crippen molar-refractivity contribution in [2.24, 2.45) is 5.73 Å². The Morgan fingerprint density at radius 1 is 1.28 bits per heavy atom. The second kappa shape index (κ2) is 7.94. The largest absolute Gasteiger partial charge is 0.320 e. The van der Waals surface area contributed by atoms with Crippen LogP contribution in [0.2, 0.25) is 0 Å². The first kappa shape index (κ1) is 19.0. The third kappa shape index (κ3) is 4.08. The molecular weight excluding hydrogens is 384 g/mol. The number of thiazole rings is 1. The highest BCUT2D eigenvalue weighted by Gasteiger charge is 2.15. The van der Waals surface area contributed by atoms with Gasteiger partial charge in [-0.2, -0.15) is 5.10 Å². The number of nitrogens with two attached hydrogens (primary N) is 1. The van der Waals surface area contributed by atoms with Gasteiger partial charge in [0.05, 0.1) is 33.5 Å². The standard InChI is InChI=1S/C21H20N6OS/c1-12(22)20(28)25-21-24-13(2)19(29-21)14-6-8-16-17(26-27-18(16)11-14)9-7-15-5-3-4-10-23-15/h3-12H,22H2,1-2H3,(H,26,27)(H,24,25,28)/b9-7+. The maximum atomic E-state index is 11.8. The fourth-order valence-corrected chi connectivity index (χ4v) is 3.85. The maximum Gasteiger partial charge on any atom is 0.242 e. The zero-order valence-corrected chi connectivity index (χ0v) is 16.8. The van der Waals surface area contributed by atoms with Gasteiger partial charge in [-0.1, -0.05) is 23.5 Å². The predicted molar refractivity (Wildman–Crippen MR) is 117 cm³/mol. The van der Waals surface area contributed by atoms with Crippen molar-refractivity contribution in [2.45, 2.75) is 19.9 Å². The summed E-state index contributed by atoms with van der Waals surface area (Å²) in [5.41, 5.74) is 10.1. The number of nitrogens with zero attached hydrogens (tertiary/aromatic N) is 3. The third-order valence-electron chi connectivity index (χ3n) is 4.39. The van der Waals surface area contributed by atoms with Crippen LogP contribution in [0.15, 0.2) is 42.6 Å². The molecule has 1 aromatic carbocycles. The summed E-state index contributed by atoms with van der Waals surface area (Å²) in [4.78, 5) is 21.5. The van der Waals surface area contributed by atoms with E-state index in [-0.39, 0.29) is 5.91 Å². The molecule has 0 fully saturated rings. The number of nitrogens with one attached hydrogen (secondary N) is 2. The summed E-state index contributed by atoms with van der Waals surface area (Å²) in [7, 11) is 0. The summed E-state index contributed by atoms with van der Waals surface area (Å²) >= 11 is 1.43. The number of rotatable bonds is 5. The zero-order valence-electron chi connectivity index (χ0n) is 16.0. The lowest BCUT2D eigenvalue weighted by Gasteiger charge is -2.03. The summed E-state index contributed by atoms with van der Waals surface area (Å²) in [6.45, 7) is 3.56. The van der Waals surface area contributed by atoms with Gasteiger partial charge in [0, 0.05) is 11.6 Å². The molecule has 4 rings (SSSR count). The Balaban J connectivity index is 1.61. The smallest absolute Gasteiger partial charge is 0.242 e. The number of aromatic nitrogens is 4. The molecule has 8 heteroatoms. The van der Waals surface area contributed by atoms with Crippen LogP contribution in [-0.2, 0) is 4.79 Å². The summed E-state index contributed by atoms with van der Waals surface area (Å²) < 4.78 is 0. The molecule has 0 aliphatic carbocycles. The monoisotopic (exact) mass is 404 g/mol. The van der Waals surface area contributed by atoms with Gasteiger partial charge in [0.25, 0.3) is 0 Å². The van der Waals surface area contributed by atoms with E-state index in [4.69, 9.17) is 5.73 Å². The lowest BCUT2D eigenvalue weighted by molar-refractivity contribution is -0.117. The van der Waals surface area contributed by atoms with E-state index in [2.05, 4.69) is 25.5 Å². The van der Waals surface area contributed by atoms with Crippen molar-refractivity contribution >= 4 is 45.4 Å². The molecule has 1 amide bonds. The number of aromatic amines is 1. The van der Waals surface area contributed by atoms with Crippen LogP contribution in [0.3, 0.4) is 0 Å². The molecule has 1 atom stereocenters. The summed E-state index contributed by atoms with van der Waals surface area (Å²) in [6, 6.07) is 11.3. The van der Waals surface area contributed by atoms with E-state index in [9.17, 15) is 4.79 Å². The Bertz CT molecular complexity index is 1190. The van der Waals surface area contributed by atoms with Crippen molar-refractivity contribution in [3.05, 3.63) is 59.7 Å². The number of aryl methyl sites for hydroxylation is 1. The summed E-state index contributed by atoms with van der Waals surface area (Å²) in [5, 5.41) is 11.8. The molecule has 0 saturated heterocycles. The van der Waals surface area contributed by atoms with Gasteiger partial charge in [0.15, 0.2) is 5.13 Å². The molecule has 0 spiro atoms.